The molecule has 0 rings (SSSR count). The lowest BCUT2D eigenvalue weighted by Gasteiger charge is -2.22. The van der Waals surface area contributed by atoms with Gasteiger partial charge in [-0.2, -0.15) is 0 Å². The standard InChI is InChI=1S/C49H97NO5/c1-5-9-13-17-19-28-38-46(36-26-15-11-7-3)54-48(52)40-30-21-23-32-42-50(44-34-25-35-45-51)43-33-24-22-31-41-49(53)55-47(37-27-16-12-8-4)39-29-20-18-14-10-6-2/h46-47,51H,5-45H2,1-4H3. The van der Waals surface area contributed by atoms with Gasteiger partial charge in [-0.15, -0.1) is 0 Å². The highest BCUT2D eigenvalue weighted by molar-refractivity contribution is 5.69. The molecule has 6 heteroatoms. The lowest BCUT2D eigenvalue weighted by molar-refractivity contribution is -0.151. The third-order valence-corrected chi connectivity index (χ3v) is 11.5. The lowest BCUT2D eigenvalue weighted by Crippen LogP contribution is -2.27. The third-order valence-electron chi connectivity index (χ3n) is 11.5. The Morgan fingerprint density at radius 2 is 0.655 bits per heavy atom. The predicted octanol–water partition coefficient (Wildman–Crippen LogP) is 14.6. The number of ether oxygens (including phenoxy) is 2. The molecule has 0 aromatic rings. The third kappa shape index (κ3) is 39.5. The Morgan fingerprint density at radius 1 is 0.382 bits per heavy atom. The number of rotatable bonds is 45. The minimum Gasteiger partial charge on any atom is -0.462 e. The van der Waals surface area contributed by atoms with Crippen LogP contribution in [-0.4, -0.2) is 60.4 Å². The Morgan fingerprint density at radius 3 is 1.00 bits per heavy atom. The maximum absolute atomic E-state index is 12.8. The van der Waals surface area contributed by atoms with Crippen LogP contribution in [-0.2, 0) is 19.1 Å². The largest absolute Gasteiger partial charge is 0.462 e. The van der Waals surface area contributed by atoms with Crippen LogP contribution in [0.2, 0.25) is 0 Å². The number of aliphatic hydroxyl groups is 1. The summed E-state index contributed by atoms with van der Waals surface area (Å²) in [6.07, 6.45) is 42.4. The molecular weight excluding hydrogens is 683 g/mol. The summed E-state index contributed by atoms with van der Waals surface area (Å²) in [6, 6.07) is 0. The SMILES string of the molecule is CCCCCCCCC(CCCCCC)OC(=O)CCCCCCN(CCCCCO)CCCCCCC(=O)OC(CCCCCC)CCCCCCCC. The van der Waals surface area contributed by atoms with Crippen molar-refractivity contribution in [2.75, 3.05) is 26.2 Å². The van der Waals surface area contributed by atoms with Gasteiger partial charge in [0.2, 0.25) is 0 Å². The van der Waals surface area contributed by atoms with Crippen molar-refractivity contribution >= 4 is 11.9 Å². The van der Waals surface area contributed by atoms with Crippen molar-refractivity contribution in [2.45, 2.75) is 277 Å². The van der Waals surface area contributed by atoms with Gasteiger partial charge in [-0.05, 0) is 116 Å². The number of aliphatic hydroxyl groups excluding tert-OH is 1. The zero-order valence-corrected chi connectivity index (χ0v) is 37.7. The van der Waals surface area contributed by atoms with Gasteiger partial charge in [-0.25, -0.2) is 0 Å². The molecule has 0 aliphatic carbocycles. The van der Waals surface area contributed by atoms with E-state index in [4.69, 9.17) is 9.47 Å². The average molecular weight is 780 g/mol. The average Bonchev–Trinajstić information content (AvgIpc) is 3.18. The van der Waals surface area contributed by atoms with Gasteiger partial charge in [0.1, 0.15) is 12.2 Å². The number of unbranched alkanes of at least 4 members (excludes halogenated alkanes) is 24. The fourth-order valence-corrected chi connectivity index (χ4v) is 7.79. The van der Waals surface area contributed by atoms with Crippen molar-refractivity contribution in [2.24, 2.45) is 0 Å². The quantitative estimate of drug-likeness (QED) is 0.0490. The summed E-state index contributed by atoms with van der Waals surface area (Å²) >= 11 is 0. The van der Waals surface area contributed by atoms with Gasteiger partial charge in [0, 0.05) is 19.4 Å². The Labute approximate surface area is 343 Å². The molecule has 1 N–H and O–H groups in total. The summed E-state index contributed by atoms with van der Waals surface area (Å²) in [6.45, 7) is 12.6. The first-order valence-electron chi connectivity index (χ1n) is 24.7. The molecule has 0 aliphatic rings. The summed E-state index contributed by atoms with van der Waals surface area (Å²) in [5.74, 6) is 0.0290. The minimum atomic E-state index is 0.0145. The molecule has 2 unspecified atom stereocenters. The van der Waals surface area contributed by atoms with E-state index in [9.17, 15) is 14.7 Å². The van der Waals surface area contributed by atoms with E-state index in [1.807, 2.05) is 0 Å². The fraction of sp³-hybridized carbons (Fsp3) is 0.959. The van der Waals surface area contributed by atoms with Crippen molar-refractivity contribution in [3.05, 3.63) is 0 Å². The molecule has 0 fully saturated rings. The van der Waals surface area contributed by atoms with Gasteiger partial charge in [-0.1, -0.05) is 156 Å². The maximum atomic E-state index is 12.8. The number of hydrogen-bond acceptors (Lipinski definition) is 6. The molecule has 0 aromatic heterocycles. The first-order valence-corrected chi connectivity index (χ1v) is 24.7. The van der Waals surface area contributed by atoms with Gasteiger partial charge in [0.25, 0.3) is 0 Å². The van der Waals surface area contributed by atoms with Crippen molar-refractivity contribution in [1.29, 1.82) is 0 Å². The first kappa shape index (κ1) is 53.9. The van der Waals surface area contributed by atoms with E-state index in [-0.39, 0.29) is 30.8 Å². The molecule has 0 aliphatic heterocycles. The van der Waals surface area contributed by atoms with E-state index in [1.54, 1.807) is 0 Å². The van der Waals surface area contributed by atoms with Crippen molar-refractivity contribution in [1.82, 2.24) is 4.90 Å². The highest BCUT2D eigenvalue weighted by atomic mass is 16.5. The summed E-state index contributed by atoms with van der Waals surface area (Å²) in [7, 11) is 0. The van der Waals surface area contributed by atoms with E-state index in [2.05, 4.69) is 32.6 Å². The van der Waals surface area contributed by atoms with Crippen LogP contribution in [0.15, 0.2) is 0 Å². The summed E-state index contributed by atoms with van der Waals surface area (Å²) in [5, 5.41) is 9.24. The number of nitrogens with zero attached hydrogens (tertiary/aromatic N) is 1. The van der Waals surface area contributed by atoms with Gasteiger partial charge in [-0.3, -0.25) is 9.59 Å². The van der Waals surface area contributed by atoms with Crippen molar-refractivity contribution in [3.8, 4) is 0 Å². The van der Waals surface area contributed by atoms with Crippen LogP contribution in [0.3, 0.4) is 0 Å². The molecular formula is C49H97NO5. The van der Waals surface area contributed by atoms with Crippen molar-refractivity contribution < 1.29 is 24.2 Å². The zero-order valence-electron chi connectivity index (χ0n) is 37.7. The van der Waals surface area contributed by atoms with Crippen LogP contribution in [0.1, 0.15) is 265 Å². The smallest absolute Gasteiger partial charge is 0.306 e. The fourth-order valence-electron chi connectivity index (χ4n) is 7.79. The monoisotopic (exact) mass is 780 g/mol. The Balaban J connectivity index is 4.44. The number of esters is 2. The highest BCUT2D eigenvalue weighted by Crippen LogP contribution is 2.20. The predicted molar refractivity (Wildman–Crippen MR) is 237 cm³/mol. The van der Waals surface area contributed by atoms with Crippen molar-refractivity contribution in [3.63, 3.8) is 0 Å². The van der Waals surface area contributed by atoms with Crippen LogP contribution in [0, 0.1) is 0 Å². The van der Waals surface area contributed by atoms with Crippen LogP contribution >= 0.6 is 0 Å². The molecule has 328 valence electrons. The molecule has 2 atom stereocenters. The summed E-state index contributed by atoms with van der Waals surface area (Å²) in [5.41, 5.74) is 0. The topological polar surface area (TPSA) is 76.1 Å². The van der Waals surface area contributed by atoms with Crippen LogP contribution in [0.25, 0.3) is 0 Å². The van der Waals surface area contributed by atoms with Crippen LogP contribution in [0.4, 0.5) is 0 Å². The zero-order chi connectivity index (χ0) is 40.3. The van der Waals surface area contributed by atoms with Gasteiger partial charge < -0.3 is 19.5 Å². The van der Waals surface area contributed by atoms with Crippen LogP contribution in [0.5, 0.6) is 0 Å². The minimum absolute atomic E-state index is 0.0145. The molecule has 0 spiro atoms. The van der Waals surface area contributed by atoms with E-state index < -0.39 is 0 Å². The van der Waals surface area contributed by atoms with Gasteiger partial charge >= 0.3 is 11.9 Å². The first-order chi connectivity index (χ1) is 27.0. The maximum Gasteiger partial charge on any atom is 0.306 e. The molecule has 55 heavy (non-hydrogen) atoms. The highest BCUT2D eigenvalue weighted by Gasteiger charge is 2.16. The normalized spacial score (nSPS) is 12.7. The molecule has 0 saturated heterocycles. The second-order valence-corrected chi connectivity index (χ2v) is 17.0. The lowest BCUT2D eigenvalue weighted by atomic mass is 10.0. The van der Waals surface area contributed by atoms with Gasteiger partial charge in [0.05, 0.1) is 0 Å². The molecule has 0 aromatic carbocycles. The molecule has 0 heterocycles. The molecule has 0 bridgehead atoms. The second-order valence-electron chi connectivity index (χ2n) is 17.0. The summed E-state index contributed by atoms with van der Waals surface area (Å²) in [4.78, 5) is 28.1. The number of carbonyl (C=O) groups excluding carboxylic acids is 2. The molecule has 6 nitrogen and oxygen atoms in total. The number of carbonyl (C=O) groups is 2. The molecule has 0 saturated carbocycles. The van der Waals surface area contributed by atoms with E-state index in [0.717, 1.165) is 116 Å². The Bertz CT molecular complexity index is 733. The van der Waals surface area contributed by atoms with E-state index in [1.165, 1.54) is 128 Å². The second kappa shape index (κ2) is 44.0. The van der Waals surface area contributed by atoms with Crippen LogP contribution < -0.4 is 0 Å². The molecule has 0 amide bonds. The number of hydrogen-bond donors (Lipinski definition) is 1. The summed E-state index contributed by atoms with van der Waals surface area (Å²) < 4.78 is 12.1. The Kier molecular flexibility index (Phi) is 43.1. The van der Waals surface area contributed by atoms with E-state index in [0.29, 0.717) is 12.8 Å². The Hall–Kier alpha value is -1.14. The van der Waals surface area contributed by atoms with Gasteiger partial charge in [0.15, 0.2) is 0 Å². The van der Waals surface area contributed by atoms with E-state index >= 15 is 0 Å². The molecule has 0 radical (unpaired) electrons.